The molecule has 2 aliphatic heterocycles. The zero-order valence-corrected chi connectivity index (χ0v) is 19.9. The average Bonchev–Trinajstić information content (AvgIpc) is 2.88. The molecule has 1 saturated carbocycles. The maximum atomic E-state index is 13.4. The van der Waals surface area contributed by atoms with Gasteiger partial charge in [-0.25, -0.2) is 0 Å². The van der Waals surface area contributed by atoms with Gasteiger partial charge in [0.05, 0.1) is 11.6 Å². The fourth-order valence-electron chi connectivity index (χ4n) is 5.80. The van der Waals surface area contributed by atoms with Crippen molar-refractivity contribution in [2.45, 2.75) is 70.6 Å². The molecule has 0 unspecified atom stereocenters. The summed E-state index contributed by atoms with van der Waals surface area (Å²) in [5, 5.41) is 9.21. The molecule has 34 heavy (non-hydrogen) atoms. The normalized spacial score (nSPS) is 20.5. The third-order valence-electron chi connectivity index (χ3n) is 7.71. The Morgan fingerprint density at radius 1 is 1.00 bits per heavy atom. The van der Waals surface area contributed by atoms with E-state index < -0.39 is 0 Å². The number of carbonyl (C=O) groups excluding carboxylic acids is 2. The molecule has 0 spiro atoms. The fraction of sp³-hybridized carbons (Fsp3) is 0.464. The highest BCUT2D eigenvalue weighted by Gasteiger charge is 2.44. The van der Waals surface area contributed by atoms with E-state index in [1.54, 1.807) is 4.90 Å². The van der Waals surface area contributed by atoms with Crippen LogP contribution in [0.15, 0.2) is 42.5 Å². The molecule has 1 atom stereocenters. The molecule has 0 bridgehead atoms. The van der Waals surface area contributed by atoms with Gasteiger partial charge in [0, 0.05) is 37.8 Å². The predicted octanol–water partition coefficient (Wildman–Crippen LogP) is 4.01. The van der Waals surface area contributed by atoms with Crippen LogP contribution in [0.4, 0.5) is 5.69 Å². The standard InChI is InChI=1S/C28H32N4O2/c1-2-30(17-21-8-6-7-20(13-21)16-29)25-12-11-22-15-26-28(34)31(24-9-4-3-5-10-24)19-27(33)32(26)18-23(22)14-25/h6-8,11-14,24,26H,2-5,9-10,15,17-19H2,1H3/t26-/m1/s1. The Bertz CT molecular complexity index is 1130. The van der Waals surface area contributed by atoms with E-state index >= 15 is 0 Å². The van der Waals surface area contributed by atoms with Crippen molar-refractivity contribution in [2.75, 3.05) is 18.0 Å². The molecule has 2 aromatic carbocycles. The van der Waals surface area contributed by atoms with E-state index in [0.717, 1.165) is 49.0 Å². The van der Waals surface area contributed by atoms with Crippen molar-refractivity contribution in [3.63, 3.8) is 0 Å². The van der Waals surface area contributed by atoms with Gasteiger partial charge < -0.3 is 14.7 Å². The molecule has 2 heterocycles. The lowest BCUT2D eigenvalue weighted by molar-refractivity contribution is -0.160. The molecular weight excluding hydrogens is 424 g/mol. The summed E-state index contributed by atoms with van der Waals surface area (Å²) in [6.45, 7) is 4.39. The number of nitrogens with zero attached hydrogens (tertiary/aromatic N) is 4. The van der Waals surface area contributed by atoms with E-state index in [-0.39, 0.29) is 30.4 Å². The van der Waals surface area contributed by atoms with Crippen molar-refractivity contribution in [1.29, 1.82) is 5.26 Å². The van der Waals surface area contributed by atoms with Crippen LogP contribution in [0.1, 0.15) is 61.3 Å². The summed E-state index contributed by atoms with van der Waals surface area (Å²) in [6.07, 6.45) is 6.18. The van der Waals surface area contributed by atoms with Crippen LogP contribution >= 0.6 is 0 Å². The summed E-state index contributed by atoms with van der Waals surface area (Å²) in [5.74, 6) is 0.209. The Balaban J connectivity index is 1.35. The molecule has 176 valence electrons. The van der Waals surface area contributed by atoms with Crippen molar-refractivity contribution >= 4 is 17.5 Å². The first-order chi connectivity index (χ1) is 16.6. The number of fused-ring (bicyclic) bond motifs is 2. The van der Waals surface area contributed by atoms with E-state index in [0.29, 0.717) is 25.1 Å². The van der Waals surface area contributed by atoms with Gasteiger partial charge in [0.15, 0.2) is 0 Å². The summed E-state index contributed by atoms with van der Waals surface area (Å²) in [7, 11) is 0. The molecule has 2 aromatic rings. The third-order valence-corrected chi connectivity index (χ3v) is 7.71. The fourth-order valence-corrected chi connectivity index (χ4v) is 5.80. The van der Waals surface area contributed by atoms with Crippen LogP contribution in [0.2, 0.25) is 0 Å². The van der Waals surface area contributed by atoms with Crippen LogP contribution in [0.5, 0.6) is 0 Å². The van der Waals surface area contributed by atoms with Crippen molar-refractivity contribution in [2.24, 2.45) is 0 Å². The summed E-state index contributed by atoms with van der Waals surface area (Å²) in [4.78, 5) is 32.5. The van der Waals surface area contributed by atoms with Gasteiger partial charge in [0.2, 0.25) is 11.8 Å². The zero-order valence-electron chi connectivity index (χ0n) is 19.9. The summed E-state index contributed by atoms with van der Waals surface area (Å²) in [6, 6.07) is 16.2. The Labute approximate surface area is 201 Å². The number of benzene rings is 2. The minimum Gasteiger partial charge on any atom is -0.367 e. The van der Waals surface area contributed by atoms with E-state index in [1.807, 2.05) is 29.2 Å². The molecular formula is C28H32N4O2. The Kier molecular flexibility index (Phi) is 6.28. The lowest BCUT2D eigenvalue weighted by atomic mass is 9.88. The molecule has 3 aliphatic rings. The summed E-state index contributed by atoms with van der Waals surface area (Å²) in [5.41, 5.74) is 5.16. The van der Waals surface area contributed by atoms with Crippen molar-refractivity contribution in [1.82, 2.24) is 9.80 Å². The minimum atomic E-state index is -0.363. The predicted molar refractivity (Wildman–Crippen MR) is 131 cm³/mol. The molecule has 1 aliphatic carbocycles. The van der Waals surface area contributed by atoms with Crippen molar-refractivity contribution in [3.05, 3.63) is 64.7 Å². The maximum absolute atomic E-state index is 13.4. The van der Waals surface area contributed by atoms with Crippen LogP contribution in [0, 0.1) is 11.3 Å². The number of hydrogen-bond acceptors (Lipinski definition) is 4. The van der Waals surface area contributed by atoms with Gasteiger partial charge in [-0.1, -0.05) is 37.5 Å². The van der Waals surface area contributed by atoms with Gasteiger partial charge in [0.25, 0.3) is 0 Å². The Morgan fingerprint density at radius 2 is 1.82 bits per heavy atom. The number of rotatable bonds is 5. The molecule has 2 amide bonds. The summed E-state index contributed by atoms with van der Waals surface area (Å²) >= 11 is 0. The van der Waals surface area contributed by atoms with E-state index in [4.69, 9.17) is 0 Å². The second-order valence-corrected chi connectivity index (χ2v) is 9.78. The van der Waals surface area contributed by atoms with Gasteiger partial charge in [-0.2, -0.15) is 5.26 Å². The maximum Gasteiger partial charge on any atom is 0.246 e. The number of piperazine rings is 1. The van der Waals surface area contributed by atoms with Gasteiger partial charge in [-0.05, 0) is 60.7 Å². The minimum absolute atomic E-state index is 0.0758. The van der Waals surface area contributed by atoms with Crippen LogP contribution in [-0.2, 0) is 29.1 Å². The first-order valence-electron chi connectivity index (χ1n) is 12.5. The molecule has 0 N–H and O–H groups in total. The number of anilines is 1. The Hall–Kier alpha value is -3.33. The lowest BCUT2D eigenvalue weighted by Gasteiger charge is -2.46. The quantitative estimate of drug-likeness (QED) is 0.682. The van der Waals surface area contributed by atoms with Gasteiger partial charge >= 0.3 is 0 Å². The van der Waals surface area contributed by atoms with Gasteiger partial charge in [-0.15, -0.1) is 0 Å². The highest BCUT2D eigenvalue weighted by Crippen LogP contribution is 2.33. The third kappa shape index (κ3) is 4.27. The van der Waals surface area contributed by atoms with Gasteiger partial charge in [0.1, 0.15) is 12.6 Å². The van der Waals surface area contributed by atoms with E-state index in [2.05, 4.69) is 36.1 Å². The Morgan fingerprint density at radius 3 is 2.59 bits per heavy atom. The second kappa shape index (κ2) is 9.50. The molecule has 2 fully saturated rings. The molecule has 6 heteroatoms. The number of amides is 2. The lowest BCUT2D eigenvalue weighted by Crippen LogP contribution is -2.63. The van der Waals surface area contributed by atoms with Crippen molar-refractivity contribution < 1.29 is 9.59 Å². The molecule has 6 nitrogen and oxygen atoms in total. The smallest absolute Gasteiger partial charge is 0.246 e. The van der Waals surface area contributed by atoms with Crippen molar-refractivity contribution in [3.8, 4) is 6.07 Å². The largest absolute Gasteiger partial charge is 0.367 e. The number of hydrogen-bond donors (Lipinski definition) is 0. The van der Waals surface area contributed by atoms with Crippen LogP contribution in [0.3, 0.4) is 0 Å². The number of nitriles is 1. The molecule has 0 radical (unpaired) electrons. The summed E-state index contributed by atoms with van der Waals surface area (Å²) < 4.78 is 0. The SMILES string of the molecule is CCN(Cc1cccc(C#N)c1)c1ccc2c(c1)CN1C(=O)CN(C3CCCCC3)C(=O)[C@H]1C2. The van der Waals surface area contributed by atoms with Crippen LogP contribution < -0.4 is 4.90 Å². The first kappa shape index (κ1) is 22.5. The van der Waals surface area contributed by atoms with Crippen LogP contribution in [0.25, 0.3) is 0 Å². The van der Waals surface area contributed by atoms with Crippen LogP contribution in [-0.4, -0.2) is 46.8 Å². The van der Waals surface area contributed by atoms with Gasteiger partial charge in [-0.3, -0.25) is 9.59 Å². The highest BCUT2D eigenvalue weighted by molar-refractivity contribution is 5.95. The average molecular weight is 457 g/mol. The van der Waals surface area contributed by atoms with E-state index in [9.17, 15) is 14.9 Å². The first-order valence-corrected chi connectivity index (χ1v) is 12.5. The topological polar surface area (TPSA) is 67.7 Å². The molecule has 1 saturated heterocycles. The molecule has 5 rings (SSSR count). The zero-order chi connectivity index (χ0) is 23.7. The monoisotopic (exact) mass is 456 g/mol. The second-order valence-electron chi connectivity index (χ2n) is 9.78. The number of carbonyl (C=O) groups is 2. The van der Waals surface area contributed by atoms with E-state index in [1.165, 1.54) is 12.0 Å². The highest BCUT2D eigenvalue weighted by atomic mass is 16.2. The molecule has 0 aromatic heterocycles.